The normalized spacial score (nSPS) is 16.2. The molecule has 0 amide bonds. The molecule has 2 aromatic carbocycles. The summed E-state index contributed by atoms with van der Waals surface area (Å²) in [5.74, 6) is 0.980. The Bertz CT molecular complexity index is 724. The number of aliphatic hydroxyl groups is 1. The van der Waals surface area contributed by atoms with E-state index in [4.69, 9.17) is 4.74 Å². The van der Waals surface area contributed by atoms with Gasteiger partial charge in [0.1, 0.15) is 17.6 Å². The highest BCUT2D eigenvalue weighted by molar-refractivity contribution is 5.51. The summed E-state index contributed by atoms with van der Waals surface area (Å²) < 4.78 is 5.29. The number of aromatic hydroxyl groups is 1. The molecule has 1 saturated heterocycles. The van der Waals surface area contributed by atoms with E-state index in [1.54, 1.807) is 37.5 Å². The van der Waals surface area contributed by atoms with Crippen molar-refractivity contribution in [2.24, 2.45) is 0 Å². The first-order valence-electron chi connectivity index (χ1n) is 8.44. The summed E-state index contributed by atoms with van der Waals surface area (Å²) in [5, 5.41) is 20.0. The Morgan fingerprint density at radius 3 is 2.52 bits per heavy atom. The minimum atomic E-state index is -0.808. The van der Waals surface area contributed by atoms with Crippen molar-refractivity contribution >= 4 is 5.69 Å². The Morgan fingerprint density at radius 1 is 1.04 bits per heavy atom. The molecule has 0 spiro atoms. The first kappa shape index (κ1) is 17.2. The summed E-state index contributed by atoms with van der Waals surface area (Å²) >= 11 is 0. The second kappa shape index (κ2) is 7.94. The second-order valence-corrected chi connectivity index (χ2v) is 6.07. The molecule has 1 unspecified atom stereocenters. The number of para-hydroxylation sites is 1. The highest BCUT2D eigenvalue weighted by Crippen LogP contribution is 2.25. The Morgan fingerprint density at radius 2 is 1.80 bits per heavy atom. The molecule has 132 valence electrons. The lowest BCUT2D eigenvalue weighted by atomic mass is 10.1. The van der Waals surface area contributed by atoms with Gasteiger partial charge in [0.2, 0.25) is 0 Å². The van der Waals surface area contributed by atoms with Crippen LogP contribution in [0.4, 0.5) is 5.69 Å². The molecule has 5 heteroatoms. The number of anilines is 1. The number of methoxy groups -OCH3 is 1. The predicted molar refractivity (Wildman–Crippen MR) is 99.0 cm³/mol. The fourth-order valence-corrected chi connectivity index (χ4v) is 2.98. The third-order valence-electron chi connectivity index (χ3n) is 4.47. The van der Waals surface area contributed by atoms with Crippen LogP contribution >= 0.6 is 0 Å². The van der Waals surface area contributed by atoms with E-state index in [2.05, 4.69) is 15.9 Å². The molecule has 0 aliphatic carbocycles. The van der Waals surface area contributed by atoms with Crippen LogP contribution in [0.25, 0.3) is 0 Å². The quantitative estimate of drug-likeness (QED) is 0.877. The maximum atomic E-state index is 10.2. The SMILES string of the molecule is COc1cccc(N2CCN(/C=C/C(O)c3ccccc3O)CC2)c1. The van der Waals surface area contributed by atoms with Crippen LogP contribution in [-0.4, -0.2) is 48.4 Å². The molecule has 5 nitrogen and oxygen atoms in total. The van der Waals surface area contributed by atoms with Gasteiger partial charge in [0, 0.05) is 43.5 Å². The van der Waals surface area contributed by atoms with Crippen LogP contribution in [0.5, 0.6) is 11.5 Å². The molecule has 1 aliphatic rings. The number of hydrogen-bond acceptors (Lipinski definition) is 5. The summed E-state index contributed by atoms with van der Waals surface area (Å²) in [7, 11) is 1.68. The van der Waals surface area contributed by atoms with Gasteiger partial charge in [-0.3, -0.25) is 0 Å². The zero-order chi connectivity index (χ0) is 17.6. The lowest BCUT2D eigenvalue weighted by Gasteiger charge is -2.35. The monoisotopic (exact) mass is 340 g/mol. The Kier molecular flexibility index (Phi) is 5.46. The van der Waals surface area contributed by atoms with Gasteiger partial charge in [0.25, 0.3) is 0 Å². The van der Waals surface area contributed by atoms with Crippen molar-refractivity contribution in [2.45, 2.75) is 6.10 Å². The van der Waals surface area contributed by atoms with E-state index in [1.165, 1.54) is 0 Å². The molecule has 0 aromatic heterocycles. The van der Waals surface area contributed by atoms with E-state index >= 15 is 0 Å². The van der Waals surface area contributed by atoms with E-state index < -0.39 is 6.10 Å². The van der Waals surface area contributed by atoms with Gasteiger partial charge in [-0.2, -0.15) is 0 Å². The third kappa shape index (κ3) is 4.25. The Balaban J connectivity index is 1.56. The summed E-state index contributed by atoms with van der Waals surface area (Å²) in [5.41, 5.74) is 1.69. The first-order chi connectivity index (χ1) is 12.2. The van der Waals surface area contributed by atoms with Gasteiger partial charge in [0.05, 0.1) is 7.11 Å². The maximum absolute atomic E-state index is 10.2. The van der Waals surface area contributed by atoms with Crippen molar-refractivity contribution in [1.82, 2.24) is 4.90 Å². The molecule has 1 fully saturated rings. The number of ether oxygens (including phenoxy) is 1. The Hall–Kier alpha value is -2.66. The van der Waals surface area contributed by atoms with Gasteiger partial charge in [-0.25, -0.2) is 0 Å². The van der Waals surface area contributed by atoms with Crippen LogP contribution in [0.1, 0.15) is 11.7 Å². The van der Waals surface area contributed by atoms with Crippen molar-refractivity contribution in [3.8, 4) is 11.5 Å². The summed E-state index contributed by atoms with van der Waals surface area (Å²) in [4.78, 5) is 4.51. The van der Waals surface area contributed by atoms with Crippen LogP contribution in [0, 0.1) is 0 Å². The average Bonchev–Trinajstić information content (AvgIpc) is 2.67. The van der Waals surface area contributed by atoms with E-state index in [9.17, 15) is 10.2 Å². The predicted octanol–water partition coefficient (Wildman–Crippen LogP) is 2.77. The molecule has 0 radical (unpaired) electrons. The minimum absolute atomic E-state index is 0.113. The second-order valence-electron chi connectivity index (χ2n) is 6.07. The van der Waals surface area contributed by atoms with Gasteiger partial charge < -0.3 is 24.7 Å². The Labute approximate surface area is 148 Å². The largest absolute Gasteiger partial charge is 0.508 e. The molecule has 1 heterocycles. The van der Waals surface area contributed by atoms with Gasteiger partial charge in [-0.15, -0.1) is 0 Å². The number of phenolic OH excluding ortho intramolecular Hbond substituents is 1. The fraction of sp³-hybridized carbons (Fsp3) is 0.300. The number of hydrogen-bond donors (Lipinski definition) is 2. The number of phenols is 1. The minimum Gasteiger partial charge on any atom is -0.508 e. The van der Waals surface area contributed by atoms with Crippen LogP contribution in [0.3, 0.4) is 0 Å². The van der Waals surface area contributed by atoms with E-state index in [0.29, 0.717) is 5.56 Å². The van der Waals surface area contributed by atoms with Gasteiger partial charge in [-0.05, 0) is 30.5 Å². The summed E-state index contributed by atoms with van der Waals surface area (Å²) in [6.45, 7) is 3.57. The smallest absolute Gasteiger partial charge is 0.121 e. The van der Waals surface area contributed by atoms with Crippen LogP contribution in [0.2, 0.25) is 0 Å². The standard InChI is InChI=1S/C20H24N2O3/c1-25-17-6-4-5-16(15-17)22-13-11-21(12-14-22)10-9-20(24)18-7-2-3-8-19(18)23/h2-10,15,20,23-24H,11-14H2,1H3/b10-9+. The fourth-order valence-electron chi connectivity index (χ4n) is 2.98. The zero-order valence-electron chi connectivity index (χ0n) is 14.4. The van der Waals surface area contributed by atoms with E-state index in [1.807, 2.05) is 24.4 Å². The van der Waals surface area contributed by atoms with Crippen molar-refractivity contribution < 1.29 is 14.9 Å². The number of nitrogens with zero attached hydrogens (tertiary/aromatic N) is 2. The van der Waals surface area contributed by atoms with Crippen molar-refractivity contribution in [3.63, 3.8) is 0 Å². The molecular weight excluding hydrogens is 316 g/mol. The van der Waals surface area contributed by atoms with E-state index in [-0.39, 0.29) is 5.75 Å². The van der Waals surface area contributed by atoms with Gasteiger partial charge in [0.15, 0.2) is 0 Å². The highest BCUT2D eigenvalue weighted by atomic mass is 16.5. The molecule has 0 saturated carbocycles. The summed E-state index contributed by atoms with van der Waals surface area (Å²) in [6, 6.07) is 15.0. The third-order valence-corrected chi connectivity index (χ3v) is 4.47. The maximum Gasteiger partial charge on any atom is 0.121 e. The van der Waals surface area contributed by atoms with Crippen molar-refractivity contribution in [1.29, 1.82) is 0 Å². The number of benzene rings is 2. The molecule has 3 rings (SSSR count). The van der Waals surface area contributed by atoms with Crippen molar-refractivity contribution in [2.75, 3.05) is 38.2 Å². The van der Waals surface area contributed by atoms with Crippen molar-refractivity contribution in [3.05, 3.63) is 66.4 Å². The molecule has 25 heavy (non-hydrogen) atoms. The topological polar surface area (TPSA) is 56.2 Å². The molecule has 2 aromatic rings. The average molecular weight is 340 g/mol. The van der Waals surface area contributed by atoms with E-state index in [0.717, 1.165) is 37.6 Å². The highest BCUT2D eigenvalue weighted by Gasteiger charge is 2.16. The van der Waals surface area contributed by atoms with Gasteiger partial charge in [-0.1, -0.05) is 24.3 Å². The number of piperazine rings is 1. The molecule has 1 atom stereocenters. The zero-order valence-corrected chi connectivity index (χ0v) is 14.4. The van der Waals surface area contributed by atoms with Crippen LogP contribution in [0.15, 0.2) is 60.8 Å². The molecule has 1 aliphatic heterocycles. The lowest BCUT2D eigenvalue weighted by molar-refractivity contribution is 0.220. The van der Waals surface area contributed by atoms with Crippen LogP contribution < -0.4 is 9.64 Å². The number of rotatable bonds is 5. The first-order valence-corrected chi connectivity index (χ1v) is 8.44. The molecular formula is C20H24N2O3. The molecule has 2 N–H and O–H groups in total. The lowest BCUT2D eigenvalue weighted by Crippen LogP contribution is -2.44. The van der Waals surface area contributed by atoms with Gasteiger partial charge >= 0.3 is 0 Å². The number of aliphatic hydroxyl groups excluding tert-OH is 1. The van der Waals surface area contributed by atoms with Crippen LogP contribution in [-0.2, 0) is 0 Å². The molecule has 0 bridgehead atoms. The summed E-state index contributed by atoms with van der Waals surface area (Å²) in [6.07, 6.45) is 2.83.